The zero-order chi connectivity index (χ0) is 17.1. The molecular weight excluding hydrogens is 302 g/mol. The highest BCUT2D eigenvalue weighted by molar-refractivity contribution is 5.93. The van der Waals surface area contributed by atoms with Crippen molar-refractivity contribution in [1.82, 2.24) is 14.7 Å². The molecule has 0 radical (unpaired) electrons. The first-order chi connectivity index (χ1) is 11.6. The number of likely N-dealkylation sites (tertiary alicyclic amines) is 1. The maximum atomic E-state index is 12.8. The second-order valence-electron chi connectivity index (χ2n) is 6.45. The van der Waals surface area contributed by atoms with E-state index in [1.807, 2.05) is 37.1 Å². The first kappa shape index (κ1) is 16.6. The molecule has 0 unspecified atom stereocenters. The van der Waals surface area contributed by atoms with Crippen molar-refractivity contribution in [3.8, 4) is 17.0 Å². The van der Waals surface area contributed by atoms with Crippen LogP contribution in [0.2, 0.25) is 0 Å². The molecule has 1 aromatic carbocycles. The number of amides is 1. The third-order valence-electron chi connectivity index (χ3n) is 4.62. The van der Waals surface area contributed by atoms with Crippen molar-refractivity contribution in [3.05, 3.63) is 35.5 Å². The topological polar surface area (TPSA) is 47.4 Å². The number of ether oxygens (including phenoxy) is 1. The lowest BCUT2D eigenvalue weighted by atomic mass is 10.1. The molecule has 1 fully saturated rings. The summed E-state index contributed by atoms with van der Waals surface area (Å²) in [6, 6.07) is 7.91. The molecule has 1 amide bonds. The highest BCUT2D eigenvalue weighted by Gasteiger charge is 2.22. The Labute approximate surface area is 143 Å². The number of carbonyl (C=O) groups is 1. The van der Waals surface area contributed by atoms with E-state index in [1.165, 1.54) is 12.8 Å². The second kappa shape index (κ2) is 7.07. The first-order valence-electron chi connectivity index (χ1n) is 8.58. The molecule has 0 aliphatic carbocycles. The molecule has 5 nitrogen and oxygen atoms in total. The van der Waals surface area contributed by atoms with Gasteiger partial charge in [-0.3, -0.25) is 9.48 Å². The van der Waals surface area contributed by atoms with Crippen molar-refractivity contribution in [3.63, 3.8) is 0 Å². The Balaban J connectivity index is 1.93. The van der Waals surface area contributed by atoms with Gasteiger partial charge in [0.1, 0.15) is 5.75 Å². The number of rotatable bonds is 3. The van der Waals surface area contributed by atoms with Gasteiger partial charge < -0.3 is 9.64 Å². The average Bonchev–Trinajstić information content (AvgIpc) is 2.79. The van der Waals surface area contributed by atoms with Gasteiger partial charge in [0.2, 0.25) is 0 Å². The van der Waals surface area contributed by atoms with Crippen LogP contribution in [0.1, 0.15) is 41.7 Å². The molecule has 1 aliphatic heterocycles. The van der Waals surface area contributed by atoms with Crippen molar-refractivity contribution < 1.29 is 9.53 Å². The summed E-state index contributed by atoms with van der Waals surface area (Å²) < 4.78 is 7.24. The van der Waals surface area contributed by atoms with E-state index >= 15 is 0 Å². The van der Waals surface area contributed by atoms with Crippen LogP contribution < -0.4 is 4.74 Å². The van der Waals surface area contributed by atoms with Crippen molar-refractivity contribution in [1.29, 1.82) is 0 Å². The molecule has 0 saturated carbocycles. The van der Waals surface area contributed by atoms with E-state index in [0.717, 1.165) is 48.5 Å². The average molecular weight is 327 g/mol. The van der Waals surface area contributed by atoms with Gasteiger partial charge in [0.15, 0.2) is 5.69 Å². The van der Waals surface area contributed by atoms with E-state index in [2.05, 4.69) is 11.2 Å². The minimum atomic E-state index is 0.0327. The zero-order valence-corrected chi connectivity index (χ0v) is 14.7. The molecule has 3 rings (SSSR count). The quantitative estimate of drug-likeness (QED) is 0.868. The molecular formula is C19H25N3O2. The molecule has 2 aromatic rings. The number of aromatic nitrogens is 2. The summed E-state index contributed by atoms with van der Waals surface area (Å²) in [5.41, 5.74) is 3.52. The smallest absolute Gasteiger partial charge is 0.274 e. The molecule has 1 aliphatic rings. The molecule has 0 atom stereocenters. The standard InChI is InChI=1S/C19H25N3O2/c1-14-8-9-18(24-3)15(12-14)17-13-16(20-21(17)2)19(23)22-10-6-4-5-7-11-22/h8-9,12-13H,4-7,10-11H2,1-3H3. The minimum absolute atomic E-state index is 0.0327. The van der Waals surface area contributed by atoms with E-state index < -0.39 is 0 Å². The van der Waals surface area contributed by atoms with Gasteiger partial charge >= 0.3 is 0 Å². The Hall–Kier alpha value is -2.30. The fourth-order valence-electron chi connectivity index (χ4n) is 3.28. The highest BCUT2D eigenvalue weighted by atomic mass is 16.5. The number of benzene rings is 1. The largest absolute Gasteiger partial charge is 0.496 e. The molecule has 0 spiro atoms. The van der Waals surface area contributed by atoms with E-state index in [4.69, 9.17) is 4.74 Å². The Morgan fingerprint density at radius 2 is 1.83 bits per heavy atom. The fourth-order valence-corrected chi connectivity index (χ4v) is 3.28. The van der Waals surface area contributed by atoms with Crippen LogP contribution in [-0.2, 0) is 7.05 Å². The molecule has 1 saturated heterocycles. The Morgan fingerprint density at radius 3 is 2.50 bits per heavy atom. The van der Waals surface area contributed by atoms with Gasteiger partial charge in [-0.05, 0) is 38.0 Å². The van der Waals surface area contributed by atoms with Gasteiger partial charge in [-0.2, -0.15) is 5.10 Å². The Bertz CT molecular complexity index is 728. The molecule has 0 N–H and O–H groups in total. The van der Waals surface area contributed by atoms with Crippen molar-refractivity contribution in [2.75, 3.05) is 20.2 Å². The minimum Gasteiger partial charge on any atom is -0.496 e. The van der Waals surface area contributed by atoms with Crippen molar-refractivity contribution in [2.45, 2.75) is 32.6 Å². The molecule has 0 bridgehead atoms. The van der Waals surface area contributed by atoms with Gasteiger partial charge in [0.25, 0.3) is 5.91 Å². The maximum Gasteiger partial charge on any atom is 0.274 e. The summed E-state index contributed by atoms with van der Waals surface area (Å²) in [4.78, 5) is 14.7. The zero-order valence-electron chi connectivity index (χ0n) is 14.7. The number of aryl methyl sites for hydroxylation is 2. The lowest BCUT2D eigenvalue weighted by Gasteiger charge is -2.18. The third kappa shape index (κ3) is 3.30. The highest BCUT2D eigenvalue weighted by Crippen LogP contribution is 2.31. The Morgan fingerprint density at radius 1 is 1.12 bits per heavy atom. The number of carbonyl (C=O) groups excluding carboxylic acids is 1. The van der Waals surface area contributed by atoms with Crippen LogP contribution in [0.15, 0.2) is 24.3 Å². The summed E-state index contributed by atoms with van der Waals surface area (Å²) in [5, 5.41) is 4.47. The number of nitrogens with zero attached hydrogens (tertiary/aromatic N) is 3. The summed E-state index contributed by atoms with van der Waals surface area (Å²) in [6.07, 6.45) is 4.57. The summed E-state index contributed by atoms with van der Waals surface area (Å²) in [7, 11) is 3.53. The predicted octanol–water partition coefficient (Wildman–Crippen LogP) is 3.42. The molecule has 5 heteroatoms. The van der Waals surface area contributed by atoms with Crippen LogP contribution in [0.5, 0.6) is 5.75 Å². The van der Waals surface area contributed by atoms with Crippen LogP contribution in [0.3, 0.4) is 0 Å². The number of hydrogen-bond donors (Lipinski definition) is 0. The second-order valence-corrected chi connectivity index (χ2v) is 6.45. The van der Waals surface area contributed by atoms with Crippen molar-refractivity contribution >= 4 is 5.91 Å². The van der Waals surface area contributed by atoms with E-state index in [9.17, 15) is 4.79 Å². The lowest BCUT2D eigenvalue weighted by Crippen LogP contribution is -2.32. The molecule has 128 valence electrons. The van der Waals surface area contributed by atoms with Crippen LogP contribution >= 0.6 is 0 Å². The third-order valence-corrected chi connectivity index (χ3v) is 4.62. The van der Waals surface area contributed by atoms with E-state index in [1.54, 1.807) is 11.8 Å². The fraction of sp³-hybridized carbons (Fsp3) is 0.474. The summed E-state index contributed by atoms with van der Waals surface area (Å²) in [5.74, 6) is 0.822. The predicted molar refractivity (Wildman–Crippen MR) is 94.3 cm³/mol. The van der Waals surface area contributed by atoms with Gasteiger partial charge in [-0.1, -0.05) is 24.5 Å². The normalized spacial score (nSPS) is 15.2. The van der Waals surface area contributed by atoms with Gasteiger partial charge in [-0.15, -0.1) is 0 Å². The van der Waals surface area contributed by atoms with Crippen LogP contribution in [-0.4, -0.2) is 40.8 Å². The van der Waals surface area contributed by atoms with Crippen LogP contribution in [0.4, 0.5) is 0 Å². The first-order valence-corrected chi connectivity index (χ1v) is 8.58. The molecule has 2 heterocycles. The van der Waals surface area contributed by atoms with E-state index in [-0.39, 0.29) is 5.91 Å². The van der Waals surface area contributed by atoms with Gasteiger partial charge in [0, 0.05) is 25.7 Å². The molecule has 1 aromatic heterocycles. The maximum absolute atomic E-state index is 12.8. The van der Waals surface area contributed by atoms with Crippen LogP contribution in [0, 0.1) is 6.92 Å². The SMILES string of the molecule is COc1ccc(C)cc1-c1cc(C(=O)N2CCCCCC2)nn1C. The van der Waals surface area contributed by atoms with Gasteiger partial charge in [0.05, 0.1) is 12.8 Å². The van der Waals surface area contributed by atoms with Crippen molar-refractivity contribution in [2.24, 2.45) is 7.05 Å². The monoisotopic (exact) mass is 327 g/mol. The molecule has 24 heavy (non-hydrogen) atoms. The van der Waals surface area contributed by atoms with E-state index in [0.29, 0.717) is 5.69 Å². The Kier molecular flexibility index (Phi) is 4.88. The number of hydrogen-bond acceptors (Lipinski definition) is 3. The number of methoxy groups -OCH3 is 1. The lowest BCUT2D eigenvalue weighted by molar-refractivity contribution is 0.0755. The van der Waals surface area contributed by atoms with Crippen LogP contribution in [0.25, 0.3) is 11.3 Å². The summed E-state index contributed by atoms with van der Waals surface area (Å²) >= 11 is 0. The summed E-state index contributed by atoms with van der Waals surface area (Å²) in [6.45, 7) is 3.71. The van der Waals surface area contributed by atoms with Gasteiger partial charge in [-0.25, -0.2) is 0 Å².